The first kappa shape index (κ1) is 21.2. The van der Waals surface area contributed by atoms with E-state index in [2.05, 4.69) is 28.6 Å². The van der Waals surface area contributed by atoms with Crippen molar-refractivity contribution in [3.63, 3.8) is 0 Å². The maximum atomic E-state index is 12.6. The minimum atomic E-state index is 0.149. The number of carbonyl (C=O) groups is 1. The zero-order valence-corrected chi connectivity index (χ0v) is 18.1. The van der Waals surface area contributed by atoms with E-state index in [9.17, 15) is 4.79 Å². The number of fused-ring (bicyclic) bond motifs is 1. The van der Waals surface area contributed by atoms with Crippen LogP contribution in [0.25, 0.3) is 11.0 Å². The van der Waals surface area contributed by atoms with Crippen LogP contribution in [-0.2, 0) is 24.3 Å². The number of hydrogen-bond acceptors (Lipinski definition) is 3. The number of allylic oxidation sites excluding steroid dienone is 1. The van der Waals surface area contributed by atoms with Gasteiger partial charge in [-0.25, -0.2) is 4.98 Å². The molecule has 31 heavy (non-hydrogen) atoms. The van der Waals surface area contributed by atoms with E-state index in [1.54, 1.807) is 0 Å². The molecule has 0 saturated heterocycles. The molecule has 1 N–H and O–H groups in total. The largest absolute Gasteiger partial charge is 0.491 e. The molecule has 0 bridgehead atoms. The fourth-order valence-corrected chi connectivity index (χ4v) is 4.40. The summed E-state index contributed by atoms with van der Waals surface area (Å²) in [7, 11) is 0. The van der Waals surface area contributed by atoms with Crippen LogP contribution in [0.15, 0.2) is 61.2 Å². The second kappa shape index (κ2) is 10.3. The number of amides is 1. The summed E-state index contributed by atoms with van der Waals surface area (Å²) < 4.78 is 8.26. The van der Waals surface area contributed by atoms with Gasteiger partial charge in [-0.1, -0.05) is 55.7 Å². The Hall–Kier alpha value is -3.08. The summed E-state index contributed by atoms with van der Waals surface area (Å²) in [5.74, 6) is 2.07. The van der Waals surface area contributed by atoms with E-state index in [-0.39, 0.29) is 11.8 Å². The van der Waals surface area contributed by atoms with Crippen molar-refractivity contribution < 1.29 is 9.53 Å². The standard InChI is InChI=1S/C26H31N3O2/c1-2-10-20-11-6-9-16-24(20)31-18-17-29-23-15-8-7-14-22(23)28-25(29)19-27-26(30)21-12-4-3-5-13-21/h2,6-9,11,14-16,21H,1,3-5,10,12-13,17-19H2,(H,27,30). The van der Waals surface area contributed by atoms with E-state index in [1.165, 1.54) is 6.42 Å². The molecule has 0 unspecified atom stereocenters. The summed E-state index contributed by atoms with van der Waals surface area (Å²) in [5.41, 5.74) is 3.14. The van der Waals surface area contributed by atoms with Crippen molar-refractivity contribution >= 4 is 16.9 Å². The zero-order chi connectivity index (χ0) is 21.5. The van der Waals surface area contributed by atoms with Crippen molar-refractivity contribution in [3.05, 3.63) is 72.6 Å². The van der Waals surface area contributed by atoms with Crippen LogP contribution in [0.5, 0.6) is 5.75 Å². The molecule has 0 radical (unpaired) electrons. The van der Waals surface area contributed by atoms with E-state index in [0.29, 0.717) is 19.7 Å². The number of hydrogen-bond donors (Lipinski definition) is 1. The minimum Gasteiger partial charge on any atom is -0.491 e. The molecule has 1 aliphatic carbocycles. The Morgan fingerprint density at radius 1 is 1.13 bits per heavy atom. The van der Waals surface area contributed by atoms with E-state index < -0.39 is 0 Å². The SMILES string of the molecule is C=CCc1ccccc1OCCn1c(CNC(=O)C2CCCCC2)nc2ccccc21. The number of carbonyl (C=O) groups excluding carboxylic acids is 1. The first-order chi connectivity index (χ1) is 15.3. The van der Waals surface area contributed by atoms with E-state index in [4.69, 9.17) is 9.72 Å². The highest BCUT2D eigenvalue weighted by Gasteiger charge is 2.21. The molecule has 2 aromatic carbocycles. The van der Waals surface area contributed by atoms with Gasteiger partial charge in [-0.3, -0.25) is 4.79 Å². The second-order valence-electron chi connectivity index (χ2n) is 8.17. The lowest BCUT2D eigenvalue weighted by Crippen LogP contribution is -2.32. The van der Waals surface area contributed by atoms with Gasteiger partial charge in [-0.05, 0) is 43.0 Å². The minimum absolute atomic E-state index is 0.149. The molecular weight excluding hydrogens is 386 g/mol. The molecule has 1 saturated carbocycles. The number of aromatic nitrogens is 2. The van der Waals surface area contributed by atoms with Crippen LogP contribution in [-0.4, -0.2) is 22.1 Å². The summed E-state index contributed by atoms with van der Waals surface area (Å²) in [5, 5.41) is 3.13. The number of nitrogens with one attached hydrogen (secondary N) is 1. The number of nitrogens with zero attached hydrogens (tertiary/aromatic N) is 2. The Kier molecular flexibility index (Phi) is 7.03. The Bertz CT molecular complexity index is 1030. The van der Waals surface area contributed by atoms with Gasteiger partial charge in [0.1, 0.15) is 18.2 Å². The fraction of sp³-hybridized carbons (Fsp3) is 0.385. The summed E-state index contributed by atoms with van der Waals surface area (Å²) in [6.45, 7) is 5.46. The molecule has 5 heteroatoms. The molecule has 0 spiro atoms. The van der Waals surface area contributed by atoms with Gasteiger partial charge in [0.05, 0.1) is 24.1 Å². The number of ether oxygens (including phenoxy) is 1. The highest BCUT2D eigenvalue weighted by atomic mass is 16.5. The summed E-state index contributed by atoms with van der Waals surface area (Å²) in [6, 6.07) is 16.2. The van der Waals surface area contributed by atoms with E-state index in [0.717, 1.165) is 60.3 Å². The first-order valence-electron chi connectivity index (χ1n) is 11.3. The maximum Gasteiger partial charge on any atom is 0.223 e. The highest BCUT2D eigenvalue weighted by molar-refractivity contribution is 5.79. The third-order valence-corrected chi connectivity index (χ3v) is 6.04. The second-order valence-corrected chi connectivity index (χ2v) is 8.17. The van der Waals surface area contributed by atoms with Gasteiger partial charge in [-0.15, -0.1) is 6.58 Å². The third kappa shape index (κ3) is 5.16. The van der Waals surface area contributed by atoms with Crippen molar-refractivity contribution in [1.82, 2.24) is 14.9 Å². The number of rotatable bonds is 9. The number of para-hydroxylation sites is 3. The van der Waals surface area contributed by atoms with Crippen LogP contribution in [0.1, 0.15) is 43.5 Å². The lowest BCUT2D eigenvalue weighted by molar-refractivity contribution is -0.126. The lowest BCUT2D eigenvalue weighted by Gasteiger charge is -2.20. The Morgan fingerprint density at radius 3 is 2.74 bits per heavy atom. The molecule has 1 aliphatic rings. The summed E-state index contributed by atoms with van der Waals surface area (Å²) in [6.07, 6.45) is 8.22. The fourth-order valence-electron chi connectivity index (χ4n) is 4.40. The number of benzene rings is 2. The van der Waals surface area contributed by atoms with Crippen molar-refractivity contribution in [3.8, 4) is 5.75 Å². The van der Waals surface area contributed by atoms with Crippen LogP contribution in [0.3, 0.4) is 0 Å². The van der Waals surface area contributed by atoms with E-state index >= 15 is 0 Å². The Balaban J connectivity index is 1.45. The lowest BCUT2D eigenvalue weighted by atomic mass is 9.89. The molecule has 0 atom stereocenters. The summed E-state index contributed by atoms with van der Waals surface area (Å²) in [4.78, 5) is 17.4. The van der Waals surface area contributed by atoms with Crippen LogP contribution in [0.2, 0.25) is 0 Å². The van der Waals surface area contributed by atoms with Gasteiger partial charge < -0.3 is 14.6 Å². The smallest absolute Gasteiger partial charge is 0.223 e. The zero-order valence-electron chi connectivity index (χ0n) is 18.1. The van der Waals surface area contributed by atoms with Crippen LogP contribution >= 0.6 is 0 Å². The van der Waals surface area contributed by atoms with Gasteiger partial charge >= 0.3 is 0 Å². The molecule has 5 nitrogen and oxygen atoms in total. The average molecular weight is 418 g/mol. The molecule has 1 aromatic heterocycles. The predicted octanol–water partition coefficient (Wildman–Crippen LogP) is 5.04. The Labute approximate surface area is 184 Å². The molecule has 1 amide bonds. The molecule has 162 valence electrons. The van der Waals surface area contributed by atoms with Crippen LogP contribution < -0.4 is 10.1 Å². The highest BCUT2D eigenvalue weighted by Crippen LogP contribution is 2.24. The average Bonchev–Trinajstić information content (AvgIpc) is 3.17. The molecule has 3 aromatic rings. The summed E-state index contributed by atoms with van der Waals surface area (Å²) >= 11 is 0. The normalized spacial score (nSPS) is 14.5. The molecule has 1 heterocycles. The van der Waals surface area contributed by atoms with Gasteiger partial charge in [0.25, 0.3) is 0 Å². The van der Waals surface area contributed by atoms with Gasteiger partial charge in [-0.2, -0.15) is 0 Å². The number of imidazole rings is 1. The van der Waals surface area contributed by atoms with Crippen LogP contribution in [0, 0.1) is 5.92 Å². The van der Waals surface area contributed by atoms with Crippen molar-refractivity contribution in [2.45, 2.75) is 51.6 Å². The van der Waals surface area contributed by atoms with E-state index in [1.807, 2.05) is 42.5 Å². The third-order valence-electron chi connectivity index (χ3n) is 6.04. The van der Waals surface area contributed by atoms with Crippen LogP contribution in [0.4, 0.5) is 0 Å². The first-order valence-corrected chi connectivity index (χ1v) is 11.3. The molecular formula is C26H31N3O2. The van der Waals surface area contributed by atoms with Crippen molar-refractivity contribution in [2.75, 3.05) is 6.61 Å². The Morgan fingerprint density at radius 2 is 1.90 bits per heavy atom. The van der Waals surface area contributed by atoms with Crippen molar-refractivity contribution in [2.24, 2.45) is 5.92 Å². The molecule has 4 rings (SSSR count). The predicted molar refractivity (Wildman–Crippen MR) is 124 cm³/mol. The molecule has 1 fully saturated rings. The van der Waals surface area contributed by atoms with Crippen molar-refractivity contribution in [1.29, 1.82) is 0 Å². The molecule has 0 aliphatic heterocycles. The van der Waals surface area contributed by atoms with Gasteiger partial charge in [0, 0.05) is 5.92 Å². The van der Waals surface area contributed by atoms with Gasteiger partial charge in [0.2, 0.25) is 5.91 Å². The monoisotopic (exact) mass is 417 g/mol. The maximum absolute atomic E-state index is 12.6. The quantitative estimate of drug-likeness (QED) is 0.496. The topological polar surface area (TPSA) is 56.1 Å². The van der Waals surface area contributed by atoms with Gasteiger partial charge in [0.15, 0.2) is 0 Å².